The first-order valence-electron chi connectivity index (χ1n) is 10.9. The molecule has 0 atom stereocenters. The largest absolute Gasteiger partial charge is 0.240 e. The van der Waals surface area contributed by atoms with Crippen LogP contribution >= 0.6 is 23.5 Å². The van der Waals surface area contributed by atoms with Crippen LogP contribution in [0, 0.1) is 0 Å². The Morgan fingerprint density at radius 1 is 0.643 bits per heavy atom. The van der Waals surface area contributed by atoms with Gasteiger partial charge in [0.05, 0.1) is 11.4 Å². The van der Waals surface area contributed by atoms with Gasteiger partial charge in [0.15, 0.2) is 0 Å². The van der Waals surface area contributed by atoms with Crippen molar-refractivity contribution in [1.29, 1.82) is 0 Å². The van der Waals surface area contributed by atoms with Crippen LogP contribution in [0.4, 0.5) is 0 Å². The van der Waals surface area contributed by atoms with Crippen LogP contribution < -0.4 is 0 Å². The van der Waals surface area contributed by atoms with E-state index < -0.39 is 0 Å². The zero-order valence-corrected chi connectivity index (χ0v) is 19.3. The summed E-state index contributed by atoms with van der Waals surface area (Å²) in [6, 6.07) is 4.69. The highest BCUT2D eigenvalue weighted by atomic mass is 32.2. The van der Waals surface area contributed by atoms with Crippen LogP contribution in [0.3, 0.4) is 0 Å². The second-order valence-corrected chi connectivity index (χ2v) is 11.8. The van der Waals surface area contributed by atoms with Crippen LogP contribution in [0.2, 0.25) is 0 Å². The predicted octanol–water partition coefficient (Wildman–Crippen LogP) is 6.90. The third-order valence-electron chi connectivity index (χ3n) is 5.56. The Bertz CT molecular complexity index is 787. The second kappa shape index (κ2) is 8.79. The van der Waals surface area contributed by atoms with Crippen molar-refractivity contribution >= 4 is 23.5 Å². The summed E-state index contributed by atoms with van der Waals surface area (Å²) < 4.78 is 0. The lowest BCUT2D eigenvalue weighted by Gasteiger charge is -2.23. The van der Waals surface area contributed by atoms with Crippen molar-refractivity contribution in [3.8, 4) is 11.4 Å². The molecule has 2 heterocycles. The smallest absolute Gasteiger partial charge is 0.100 e. The second-order valence-electron chi connectivity index (χ2n) is 8.65. The molecule has 0 spiro atoms. The number of pyridine rings is 2. The average molecular weight is 413 g/mol. The summed E-state index contributed by atoms with van der Waals surface area (Å²) in [5.41, 5.74) is 8.20. The molecular formula is C24H32N2S2. The molecule has 0 aliphatic heterocycles. The van der Waals surface area contributed by atoms with E-state index in [4.69, 9.17) is 9.97 Å². The van der Waals surface area contributed by atoms with Crippen molar-refractivity contribution in [3.63, 3.8) is 0 Å². The van der Waals surface area contributed by atoms with Crippen LogP contribution in [0.1, 0.15) is 75.6 Å². The van der Waals surface area contributed by atoms with Gasteiger partial charge in [0.25, 0.3) is 0 Å². The minimum Gasteiger partial charge on any atom is -0.240 e. The molecule has 0 unspecified atom stereocenters. The molecule has 0 saturated carbocycles. The molecule has 0 aromatic carbocycles. The third-order valence-corrected chi connectivity index (χ3v) is 7.63. The molecule has 2 aromatic rings. The van der Waals surface area contributed by atoms with E-state index in [1.165, 1.54) is 83.7 Å². The molecule has 0 bridgehead atoms. The number of rotatable bonds is 5. The molecule has 28 heavy (non-hydrogen) atoms. The fourth-order valence-electron chi connectivity index (χ4n) is 4.32. The van der Waals surface area contributed by atoms with Gasteiger partial charge in [0.1, 0.15) is 10.1 Å². The number of hydrogen-bond donors (Lipinski definition) is 0. The van der Waals surface area contributed by atoms with E-state index in [2.05, 4.69) is 39.8 Å². The normalized spacial score (nSPS) is 16.4. The summed E-state index contributed by atoms with van der Waals surface area (Å²) in [6.07, 6.45) is 9.94. The van der Waals surface area contributed by atoms with Gasteiger partial charge >= 0.3 is 0 Å². The third kappa shape index (κ3) is 4.43. The van der Waals surface area contributed by atoms with Gasteiger partial charge in [-0.1, -0.05) is 27.7 Å². The summed E-state index contributed by atoms with van der Waals surface area (Å²) >= 11 is 3.84. The molecule has 2 aliphatic carbocycles. The van der Waals surface area contributed by atoms with Crippen molar-refractivity contribution < 1.29 is 0 Å². The average Bonchev–Trinajstić information content (AvgIpc) is 2.67. The molecule has 0 saturated heterocycles. The minimum absolute atomic E-state index is 0.553. The number of nitrogens with zero attached hydrogens (tertiary/aromatic N) is 2. The van der Waals surface area contributed by atoms with E-state index in [0.717, 1.165) is 11.4 Å². The molecular weight excluding hydrogens is 380 g/mol. The molecule has 0 N–H and O–H groups in total. The van der Waals surface area contributed by atoms with Crippen LogP contribution in [-0.4, -0.2) is 20.5 Å². The van der Waals surface area contributed by atoms with Crippen LogP contribution in [-0.2, 0) is 25.7 Å². The summed E-state index contributed by atoms with van der Waals surface area (Å²) in [5, 5.41) is 3.61. The first-order valence-corrected chi connectivity index (χ1v) is 12.7. The predicted molar refractivity (Wildman–Crippen MR) is 123 cm³/mol. The Balaban J connectivity index is 1.81. The van der Waals surface area contributed by atoms with Gasteiger partial charge in [-0.3, -0.25) is 0 Å². The first kappa shape index (κ1) is 20.3. The molecule has 2 aromatic heterocycles. The van der Waals surface area contributed by atoms with E-state index in [0.29, 0.717) is 10.5 Å². The summed E-state index contributed by atoms with van der Waals surface area (Å²) in [5.74, 6) is 0. The maximum atomic E-state index is 5.16. The van der Waals surface area contributed by atoms with Crippen molar-refractivity contribution in [2.24, 2.45) is 0 Å². The molecule has 4 rings (SSSR count). The van der Waals surface area contributed by atoms with Gasteiger partial charge in [-0.2, -0.15) is 0 Å². The van der Waals surface area contributed by atoms with E-state index in [-0.39, 0.29) is 0 Å². The number of hydrogen-bond acceptors (Lipinski definition) is 4. The zero-order valence-electron chi connectivity index (χ0n) is 17.7. The molecule has 2 nitrogen and oxygen atoms in total. The molecule has 0 radical (unpaired) electrons. The molecule has 4 heteroatoms. The lowest BCUT2D eigenvalue weighted by molar-refractivity contribution is 0.664. The van der Waals surface area contributed by atoms with E-state index in [9.17, 15) is 0 Å². The highest BCUT2D eigenvalue weighted by molar-refractivity contribution is 8.00. The summed E-state index contributed by atoms with van der Waals surface area (Å²) in [6.45, 7) is 9.07. The van der Waals surface area contributed by atoms with Crippen LogP contribution in [0.5, 0.6) is 0 Å². The number of fused-ring (bicyclic) bond motifs is 2. The minimum atomic E-state index is 0.553. The highest BCUT2D eigenvalue weighted by Crippen LogP contribution is 2.37. The monoisotopic (exact) mass is 412 g/mol. The highest BCUT2D eigenvalue weighted by Gasteiger charge is 2.22. The van der Waals surface area contributed by atoms with Crippen molar-refractivity contribution in [2.75, 3.05) is 0 Å². The molecule has 2 aliphatic rings. The van der Waals surface area contributed by atoms with Gasteiger partial charge < -0.3 is 0 Å². The quantitative estimate of drug-likeness (QED) is 0.499. The van der Waals surface area contributed by atoms with Crippen LogP contribution in [0.15, 0.2) is 22.2 Å². The van der Waals surface area contributed by atoms with Gasteiger partial charge in [0.2, 0.25) is 0 Å². The Labute approximate surface area is 178 Å². The SMILES string of the molecule is CC(C)Sc1nc(-c2cc3c(c(SC(C)C)n2)CCCC3)cc2c1CCCC2. The van der Waals surface area contributed by atoms with Crippen LogP contribution in [0.25, 0.3) is 11.4 Å². The zero-order chi connectivity index (χ0) is 19.7. The summed E-state index contributed by atoms with van der Waals surface area (Å²) in [4.78, 5) is 10.3. The Morgan fingerprint density at radius 2 is 1.04 bits per heavy atom. The van der Waals surface area contributed by atoms with Crippen molar-refractivity contribution in [2.45, 2.75) is 99.6 Å². The molecule has 0 amide bonds. The van der Waals surface area contributed by atoms with E-state index in [1.807, 2.05) is 23.5 Å². The van der Waals surface area contributed by atoms with Gasteiger partial charge in [-0.05, 0) is 85.8 Å². The Hall–Kier alpha value is -1.00. The fourth-order valence-corrected chi connectivity index (χ4v) is 6.26. The fraction of sp³-hybridized carbons (Fsp3) is 0.583. The summed E-state index contributed by atoms with van der Waals surface area (Å²) in [7, 11) is 0. The number of thioether (sulfide) groups is 2. The van der Waals surface area contributed by atoms with Gasteiger partial charge in [-0.25, -0.2) is 9.97 Å². The molecule has 0 fully saturated rings. The van der Waals surface area contributed by atoms with Crippen molar-refractivity contribution in [3.05, 3.63) is 34.4 Å². The lowest BCUT2D eigenvalue weighted by atomic mass is 9.91. The number of aromatic nitrogens is 2. The Kier molecular flexibility index (Phi) is 6.37. The van der Waals surface area contributed by atoms with Gasteiger partial charge in [-0.15, -0.1) is 23.5 Å². The maximum Gasteiger partial charge on any atom is 0.100 e. The lowest BCUT2D eigenvalue weighted by Crippen LogP contribution is -2.10. The van der Waals surface area contributed by atoms with Gasteiger partial charge in [0, 0.05) is 10.5 Å². The number of aryl methyl sites for hydroxylation is 2. The standard InChI is InChI=1S/C24H32N2S2/c1-15(2)27-23-19-11-7-5-9-17(19)13-21(25-23)22-14-18-10-6-8-12-20(18)24(26-22)28-16(3)4/h13-16H,5-12H2,1-4H3. The maximum absolute atomic E-state index is 5.16. The van der Waals surface area contributed by atoms with Crippen molar-refractivity contribution in [1.82, 2.24) is 9.97 Å². The Morgan fingerprint density at radius 3 is 1.43 bits per heavy atom. The van der Waals surface area contributed by atoms with E-state index >= 15 is 0 Å². The van der Waals surface area contributed by atoms with E-state index in [1.54, 1.807) is 0 Å². The topological polar surface area (TPSA) is 25.8 Å². The molecule has 150 valence electrons. The first-order chi connectivity index (χ1) is 13.5.